The number of aryl methyl sites for hydroxylation is 4. The van der Waals surface area contributed by atoms with Gasteiger partial charge in [-0.25, -0.2) is 0 Å². The first-order valence-corrected chi connectivity index (χ1v) is 13.3. The number of thiophene rings is 1. The van der Waals surface area contributed by atoms with Crippen molar-refractivity contribution in [1.82, 2.24) is 4.98 Å². The van der Waals surface area contributed by atoms with E-state index in [1.54, 1.807) is 11.1 Å². The van der Waals surface area contributed by atoms with Crippen LogP contribution in [0.1, 0.15) is 48.9 Å². The molecule has 191 valence electrons. The number of carbonyl (C=O) groups is 1. The average Bonchev–Trinajstić information content (AvgIpc) is 3.16. The Balaban J connectivity index is 0.000000356. The van der Waals surface area contributed by atoms with Gasteiger partial charge >= 0.3 is 0 Å². The molecular formula is C32H30IrNO2S-. The molecule has 0 saturated carbocycles. The van der Waals surface area contributed by atoms with Crippen molar-refractivity contribution >= 4 is 48.1 Å². The van der Waals surface area contributed by atoms with Crippen LogP contribution in [0.25, 0.3) is 42.2 Å². The first-order valence-electron chi connectivity index (χ1n) is 12.4. The average molecular weight is 685 g/mol. The van der Waals surface area contributed by atoms with Crippen molar-refractivity contribution < 1.29 is 30.0 Å². The van der Waals surface area contributed by atoms with E-state index < -0.39 is 0 Å². The Morgan fingerprint density at radius 3 is 2.30 bits per heavy atom. The fraction of sp³-hybridized carbons (Fsp3) is 0.250. The minimum Gasteiger partial charge on any atom is -0.512 e. The van der Waals surface area contributed by atoms with Gasteiger partial charge in [0.05, 0.1) is 5.76 Å². The van der Waals surface area contributed by atoms with Crippen molar-refractivity contribution in [3.05, 3.63) is 88.8 Å². The maximum atomic E-state index is 10.0. The zero-order chi connectivity index (χ0) is 25.4. The number of aliphatic hydroxyl groups is 1. The van der Waals surface area contributed by atoms with E-state index in [0.29, 0.717) is 0 Å². The summed E-state index contributed by atoms with van der Waals surface area (Å²) in [6.45, 7) is 7.12. The summed E-state index contributed by atoms with van der Waals surface area (Å²) in [5, 5.41) is 13.6. The van der Waals surface area contributed by atoms with Crippen molar-refractivity contribution in [2.24, 2.45) is 0 Å². The van der Waals surface area contributed by atoms with Crippen LogP contribution >= 0.6 is 11.3 Å². The fourth-order valence-corrected chi connectivity index (χ4v) is 6.36. The quantitative estimate of drug-likeness (QED) is 0.115. The van der Waals surface area contributed by atoms with Crippen LogP contribution in [0, 0.1) is 19.9 Å². The summed E-state index contributed by atoms with van der Waals surface area (Å²) in [5.41, 5.74) is 7.73. The van der Waals surface area contributed by atoms with Crippen LogP contribution in [-0.4, -0.2) is 15.9 Å². The second-order valence-corrected chi connectivity index (χ2v) is 10.9. The number of rotatable bonds is 2. The minimum atomic E-state index is -0.125. The predicted molar refractivity (Wildman–Crippen MR) is 152 cm³/mol. The summed E-state index contributed by atoms with van der Waals surface area (Å²) >= 11 is 1.93. The Labute approximate surface area is 235 Å². The molecule has 0 aliphatic heterocycles. The molecule has 0 atom stereocenters. The summed E-state index contributed by atoms with van der Waals surface area (Å²) in [4.78, 5) is 14.8. The molecule has 1 radical (unpaired) electrons. The molecule has 3 aromatic carbocycles. The molecule has 0 saturated heterocycles. The van der Waals surface area contributed by atoms with Gasteiger partial charge in [-0.1, -0.05) is 19.9 Å². The molecule has 0 fully saturated rings. The monoisotopic (exact) mass is 685 g/mol. The largest absolute Gasteiger partial charge is 0.512 e. The number of benzene rings is 3. The van der Waals surface area contributed by atoms with Gasteiger partial charge in [-0.05, 0) is 91.4 Å². The van der Waals surface area contributed by atoms with Crippen LogP contribution in [0.2, 0.25) is 0 Å². The van der Waals surface area contributed by atoms with Gasteiger partial charge in [-0.2, -0.15) is 0 Å². The molecule has 2 aromatic heterocycles. The minimum absolute atomic E-state index is 0. The molecule has 1 aliphatic rings. The van der Waals surface area contributed by atoms with E-state index in [9.17, 15) is 4.79 Å². The van der Waals surface area contributed by atoms with Gasteiger partial charge < -0.3 is 10.1 Å². The first kappa shape index (κ1) is 27.2. The normalized spacial score (nSPS) is 13.1. The van der Waals surface area contributed by atoms with E-state index in [1.807, 2.05) is 17.5 Å². The van der Waals surface area contributed by atoms with Crippen molar-refractivity contribution in [2.45, 2.75) is 53.4 Å². The van der Waals surface area contributed by atoms with Crippen molar-refractivity contribution in [3.63, 3.8) is 0 Å². The fourth-order valence-electron chi connectivity index (χ4n) is 5.18. The molecule has 1 aliphatic carbocycles. The number of pyridine rings is 1. The van der Waals surface area contributed by atoms with E-state index in [2.05, 4.69) is 62.4 Å². The number of fused-ring (bicyclic) bond motifs is 5. The third-order valence-corrected chi connectivity index (χ3v) is 7.87. The topological polar surface area (TPSA) is 50.2 Å². The van der Waals surface area contributed by atoms with Gasteiger partial charge in [-0.3, -0.25) is 4.79 Å². The summed E-state index contributed by atoms with van der Waals surface area (Å²) in [5.74, 6) is -0.0625. The molecule has 0 spiro atoms. The Morgan fingerprint density at radius 2 is 1.65 bits per heavy atom. The van der Waals surface area contributed by atoms with Gasteiger partial charge in [0.2, 0.25) is 0 Å². The van der Waals surface area contributed by atoms with E-state index in [1.165, 1.54) is 87.7 Å². The number of allylic oxidation sites excluding steroid dienone is 2. The number of nitrogens with zero attached hydrogens (tertiary/aromatic N) is 1. The molecule has 0 amide bonds. The van der Waals surface area contributed by atoms with E-state index in [-0.39, 0.29) is 31.6 Å². The van der Waals surface area contributed by atoms with Crippen LogP contribution in [-0.2, 0) is 37.7 Å². The first-order chi connectivity index (χ1) is 17.3. The molecule has 6 rings (SSSR count). The molecule has 3 nitrogen and oxygen atoms in total. The zero-order valence-corrected chi connectivity index (χ0v) is 24.8. The van der Waals surface area contributed by atoms with Crippen LogP contribution in [0.15, 0.2) is 60.5 Å². The second kappa shape index (κ2) is 11.3. The summed E-state index contributed by atoms with van der Waals surface area (Å²) in [6, 6.07) is 19.5. The Hall–Kier alpha value is -2.85. The summed E-state index contributed by atoms with van der Waals surface area (Å²) < 4.78 is 2.79. The predicted octanol–water partition coefficient (Wildman–Crippen LogP) is 8.60. The number of hydrogen-bond donors (Lipinski definition) is 1. The van der Waals surface area contributed by atoms with Gasteiger partial charge in [0.25, 0.3) is 0 Å². The van der Waals surface area contributed by atoms with E-state index >= 15 is 0 Å². The SMILES string of the molecule is CC(=O)/C=C(/C)O.Cc1c[c-]c(-c2nccc3cc4sc5cc6c(cc5c4cc23)CCCC6)c(C)c1.[Ir]. The molecule has 1 N–H and O–H groups in total. The number of hydrogen-bond acceptors (Lipinski definition) is 4. The van der Waals surface area contributed by atoms with E-state index in [0.717, 1.165) is 11.3 Å². The van der Waals surface area contributed by atoms with Gasteiger partial charge in [0.15, 0.2) is 5.78 Å². The number of aliphatic hydroxyl groups excluding tert-OH is 1. The Bertz CT molecular complexity index is 1660. The smallest absolute Gasteiger partial charge is 0.155 e. The summed E-state index contributed by atoms with van der Waals surface area (Å²) in [6.07, 6.45) is 8.20. The van der Waals surface area contributed by atoms with Crippen LogP contribution < -0.4 is 0 Å². The maximum absolute atomic E-state index is 10.0. The van der Waals surface area contributed by atoms with Gasteiger partial charge in [0.1, 0.15) is 0 Å². The standard InChI is InChI=1S/C27H22NS.C5H8O2.Ir/c1-16-7-8-21(17(2)11-16)27-22-15-24-23-12-18-5-3-4-6-19(18)13-25(23)29-26(24)14-20(22)9-10-28-27;1-4(6)3-5(2)7;/h7,9-15H,3-6H2,1-2H3;3,6H,1-2H3;/q-1;;/b;4-3-;. The van der Waals surface area contributed by atoms with Crippen LogP contribution in [0.5, 0.6) is 0 Å². The van der Waals surface area contributed by atoms with Crippen molar-refractivity contribution in [3.8, 4) is 11.3 Å². The Kier molecular flexibility index (Phi) is 8.28. The Morgan fingerprint density at radius 1 is 0.973 bits per heavy atom. The molecular weight excluding hydrogens is 655 g/mol. The number of carbonyl (C=O) groups excluding carboxylic acids is 1. The molecule has 0 bridgehead atoms. The second-order valence-electron chi connectivity index (χ2n) is 9.79. The third kappa shape index (κ3) is 5.70. The van der Waals surface area contributed by atoms with E-state index in [4.69, 9.17) is 10.1 Å². The zero-order valence-electron chi connectivity index (χ0n) is 21.6. The molecule has 5 heteroatoms. The molecule has 5 aromatic rings. The maximum Gasteiger partial charge on any atom is 0.155 e. The molecule has 0 unspecified atom stereocenters. The number of aromatic nitrogens is 1. The van der Waals surface area contributed by atoms with Crippen molar-refractivity contribution in [1.29, 1.82) is 0 Å². The molecule has 37 heavy (non-hydrogen) atoms. The van der Waals surface area contributed by atoms with Crippen molar-refractivity contribution in [2.75, 3.05) is 0 Å². The third-order valence-electron chi connectivity index (χ3n) is 6.75. The van der Waals surface area contributed by atoms with Gasteiger partial charge in [-0.15, -0.1) is 46.2 Å². The summed E-state index contributed by atoms with van der Waals surface area (Å²) in [7, 11) is 0. The van der Waals surface area contributed by atoms with Crippen LogP contribution in [0.4, 0.5) is 0 Å². The number of ketones is 1. The molecule has 2 heterocycles. The van der Waals surface area contributed by atoms with Crippen LogP contribution in [0.3, 0.4) is 0 Å². The van der Waals surface area contributed by atoms with Gasteiger partial charge in [0, 0.05) is 52.6 Å².